The summed E-state index contributed by atoms with van der Waals surface area (Å²) in [6.45, 7) is 6.89. The number of rotatable bonds is 7. The monoisotopic (exact) mass is 452 g/mol. The topological polar surface area (TPSA) is 107 Å². The Morgan fingerprint density at radius 1 is 1.36 bits per heavy atom. The minimum Gasteiger partial charge on any atom is -0.495 e. The Kier molecular flexibility index (Phi) is 6.90. The average molecular weight is 453 g/mol. The molecule has 0 saturated carbocycles. The van der Waals surface area contributed by atoms with Gasteiger partial charge in [-0.2, -0.15) is 0 Å². The number of benzene rings is 1. The maximum Gasteiger partial charge on any atom is 0.416 e. The number of carbonyl (C=O) groups excluding carboxylic acids is 1. The minimum absolute atomic E-state index is 0.146. The molecule has 1 amide bonds. The van der Waals surface area contributed by atoms with E-state index in [9.17, 15) is 4.79 Å². The van der Waals surface area contributed by atoms with E-state index in [1.165, 1.54) is 7.11 Å². The number of aliphatic hydroxyl groups is 1. The van der Waals surface area contributed by atoms with Gasteiger partial charge in [0.05, 0.1) is 36.3 Å². The number of carbonyl (C=O) groups is 1. The molecule has 1 saturated heterocycles. The van der Waals surface area contributed by atoms with Gasteiger partial charge < -0.3 is 19.3 Å². The first-order valence-corrected chi connectivity index (χ1v) is 10.9. The van der Waals surface area contributed by atoms with E-state index in [1.807, 2.05) is 25.3 Å². The number of imidazole rings is 1. The van der Waals surface area contributed by atoms with Crippen molar-refractivity contribution in [2.45, 2.75) is 32.1 Å². The first kappa shape index (κ1) is 22.8. The van der Waals surface area contributed by atoms with Gasteiger partial charge in [0.15, 0.2) is 0 Å². The van der Waals surface area contributed by atoms with E-state index in [-0.39, 0.29) is 18.8 Å². The Hall–Kier alpha value is -3.43. The highest BCUT2D eigenvalue weighted by molar-refractivity contribution is 5.89. The van der Waals surface area contributed by atoms with Crippen LogP contribution in [0, 0.1) is 6.92 Å². The summed E-state index contributed by atoms with van der Waals surface area (Å²) in [6, 6.07) is 5.46. The van der Waals surface area contributed by atoms with E-state index in [0.29, 0.717) is 17.4 Å². The Balaban J connectivity index is 1.68. The molecule has 2 N–H and O–H groups in total. The van der Waals surface area contributed by atoms with Gasteiger partial charge in [0.1, 0.15) is 17.3 Å². The molecule has 0 spiro atoms. The smallest absolute Gasteiger partial charge is 0.416 e. The minimum atomic E-state index is -0.700. The van der Waals surface area contributed by atoms with Gasteiger partial charge in [0.25, 0.3) is 0 Å². The summed E-state index contributed by atoms with van der Waals surface area (Å²) in [4.78, 5) is 21.7. The zero-order chi connectivity index (χ0) is 23.4. The molecule has 1 aromatic carbocycles. The lowest BCUT2D eigenvalue weighted by Crippen LogP contribution is -2.16. The third kappa shape index (κ3) is 4.84. The SMILES string of the molecule is C=C(CCO)OC(=O)Nc1ccc(-c2nc(C3CCOCC3)n3ccnc(C)c23)cc1OC. The quantitative estimate of drug-likeness (QED) is 0.521. The van der Waals surface area contributed by atoms with E-state index in [4.69, 9.17) is 24.3 Å². The molecule has 0 unspecified atom stereocenters. The largest absolute Gasteiger partial charge is 0.495 e. The van der Waals surface area contributed by atoms with Gasteiger partial charge in [-0.05, 0) is 31.9 Å². The summed E-state index contributed by atoms with van der Waals surface area (Å²) in [5.41, 5.74) is 3.94. The molecular formula is C24H28N4O5. The molecule has 0 aliphatic carbocycles. The summed E-state index contributed by atoms with van der Waals surface area (Å²) in [5, 5.41) is 11.6. The Labute approximate surface area is 192 Å². The van der Waals surface area contributed by atoms with Crippen LogP contribution in [0.5, 0.6) is 5.75 Å². The van der Waals surface area contributed by atoms with Crippen LogP contribution in [0.15, 0.2) is 42.9 Å². The van der Waals surface area contributed by atoms with Crippen LogP contribution in [0.3, 0.4) is 0 Å². The lowest BCUT2D eigenvalue weighted by Gasteiger charge is -2.20. The number of aliphatic hydroxyl groups excluding tert-OH is 1. The number of aromatic nitrogens is 3. The van der Waals surface area contributed by atoms with Crippen molar-refractivity contribution < 1.29 is 24.1 Å². The molecule has 3 heterocycles. The molecule has 4 rings (SSSR count). The van der Waals surface area contributed by atoms with Crippen molar-refractivity contribution in [2.24, 2.45) is 0 Å². The molecule has 174 valence electrons. The molecule has 1 fully saturated rings. The Morgan fingerprint density at radius 3 is 2.88 bits per heavy atom. The molecule has 1 aliphatic rings. The molecule has 0 radical (unpaired) electrons. The third-order valence-electron chi connectivity index (χ3n) is 5.69. The Morgan fingerprint density at radius 2 is 2.15 bits per heavy atom. The number of nitrogens with zero attached hydrogens (tertiary/aromatic N) is 3. The van der Waals surface area contributed by atoms with Crippen molar-refractivity contribution in [3.63, 3.8) is 0 Å². The summed E-state index contributed by atoms with van der Waals surface area (Å²) in [6.07, 6.45) is 5.08. The van der Waals surface area contributed by atoms with Crippen molar-refractivity contribution in [3.05, 3.63) is 54.4 Å². The maximum absolute atomic E-state index is 12.2. The van der Waals surface area contributed by atoms with Crippen LogP contribution >= 0.6 is 0 Å². The van der Waals surface area contributed by atoms with Crippen molar-refractivity contribution in [1.29, 1.82) is 0 Å². The summed E-state index contributed by atoms with van der Waals surface area (Å²) in [5.74, 6) is 1.96. The summed E-state index contributed by atoms with van der Waals surface area (Å²) < 4.78 is 18.2. The fourth-order valence-corrected chi connectivity index (χ4v) is 4.05. The highest BCUT2D eigenvalue weighted by Gasteiger charge is 2.24. The normalized spacial score (nSPS) is 14.3. The summed E-state index contributed by atoms with van der Waals surface area (Å²) >= 11 is 0. The highest BCUT2D eigenvalue weighted by Crippen LogP contribution is 2.36. The lowest BCUT2D eigenvalue weighted by molar-refractivity contribution is 0.0835. The fourth-order valence-electron chi connectivity index (χ4n) is 4.05. The van der Waals surface area contributed by atoms with Gasteiger partial charge in [-0.3, -0.25) is 14.7 Å². The number of fused-ring (bicyclic) bond motifs is 1. The maximum atomic E-state index is 12.2. The number of aryl methyl sites for hydroxylation is 1. The number of ether oxygens (including phenoxy) is 3. The van der Waals surface area contributed by atoms with Crippen LogP contribution in [-0.4, -0.2) is 52.5 Å². The standard InChI is InChI=1S/C24H28N4O5/c1-15(6-11-29)33-24(30)26-19-5-4-18(14-20(19)31-3)21-22-16(2)25-9-10-28(22)23(27-21)17-7-12-32-13-8-17/h4-5,9-10,14,17,29H,1,6-8,11-13H2,2-3H3,(H,26,30). The van der Waals surface area contributed by atoms with Crippen molar-refractivity contribution >= 4 is 17.3 Å². The van der Waals surface area contributed by atoms with Crippen LogP contribution in [0.2, 0.25) is 0 Å². The predicted octanol–water partition coefficient (Wildman–Crippen LogP) is 4.05. The van der Waals surface area contributed by atoms with E-state index < -0.39 is 6.09 Å². The van der Waals surface area contributed by atoms with E-state index in [2.05, 4.69) is 21.3 Å². The molecule has 1 aliphatic heterocycles. The second-order valence-corrected chi connectivity index (χ2v) is 7.88. The Bertz CT molecular complexity index is 1170. The zero-order valence-electron chi connectivity index (χ0n) is 18.8. The van der Waals surface area contributed by atoms with Crippen LogP contribution in [-0.2, 0) is 9.47 Å². The molecule has 3 aromatic rings. The predicted molar refractivity (Wildman–Crippen MR) is 123 cm³/mol. The van der Waals surface area contributed by atoms with Gasteiger partial charge in [-0.25, -0.2) is 9.78 Å². The van der Waals surface area contributed by atoms with Crippen molar-refractivity contribution in [3.8, 4) is 17.0 Å². The van der Waals surface area contributed by atoms with Gasteiger partial charge in [0.2, 0.25) is 0 Å². The van der Waals surface area contributed by atoms with Gasteiger partial charge in [-0.1, -0.05) is 12.6 Å². The molecule has 9 heteroatoms. The second-order valence-electron chi connectivity index (χ2n) is 7.88. The van der Waals surface area contributed by atoms with Gasteiger partial charge in [-0.15, -0.1) is 0 Å². The fraction of sp³-hybridized carbons (Fsp3) is 0.375. The lowest BCUT2D eigenvalue weighted by atomic mass is 9.99. The van der Waals surface area contributed by atoms with E-state index >= 15 is 0 Å². The number of methoxy groups -OCH3 is 1. The van der Waals surface area contributed by atoms with Gasteiger partial charge in [0, 0.05) is 43.5 Å². The molecule has 33 heavy (non-hydrogen) atoms. The summed E-state index contributed by atoms with van der Waals surface area (Å²) in [7, 11) is 1.53. The molecule has 2 aromatic heterocycles. The average Bonchev–Trinajstić information content (AvgIpc) is 3.21. The second kappa shape index (κ2) is 10.0. The number of amides is 1. The molecule has 9 nitrogen and oxygen atoms in total. The van der Waals surface area contributed by atoms with E-state index in [1.54, 1.807) is 12.3 Å². The van der Waals surface area contributed by atoms with Crippen LogP contribution in [0.1, 0.15) is 36.7 Å². The first-order chi connectivity index (χ1) is 16.0. The van der Waals surface area contributed by atoms with Crippen molar-refractivity contribution in [2.75, 3.05) is 32.2 Å². The van der Waals surface area contributed by atoms with Crippen LogP contribution < -0.4 is 10.1 Å². The highest BCUT2D eigenvalue weighted by atomic mass is 16.6. The molecule has 0 bridgehead atoms. The van der Waals surface area contributed by atoms with Gasteiger partial charge >= 0.3 is 6.09 Å². The zero-order valence-corrected chi connectivity index (χ0v) is 18.8. The number of nitrogens with one attached hydrogen (secondary N) is 1. The van der Waals surface area contributed by atoms with E-state index in [0.717, 1.165) is 54.3 Å². The number of anilines is 1. The number of hydrogen-bond acceptors (Lipinski definition) is 7. The first-order valence-electron chi connectivity index (χ1n) is 10.9. The van der Waals surface area contributed by atoms with Crippen molar-refractivity contribution in [1.82, 2.24) is 14.4 Å². The molecule has 0 atom stereocenters. The number of hydrogen-bond donors (Lipinski definition) is 2. The molecular weight excluding hydrogens is 424 g/mol. The third-order valence-corrected chi connectivity index (χ3v) is 5.69. The van der Waals surface area contributed by atoms with Crippen LogP contribution in [0.25, 0.3) is 16.8 Å². The van der Waals surface area contributed by atoms with Crippen LogP contribution in [0.4, 0.5) is 10.5 Å².